The van der Waals surface area contributed by atoms with Crippen LogP contribution in [0, 0.1) is 17.5 Å². The van der Waals surface area contributed by atoms with Gasteiger partial charge in [-0.2, -0.15) is 0 Å². The minimum Gasteiger partial charge on any atom is -0.294 e. The quantitative estimate of drug-likeness (QED) is 0.464. The smallest absolute Gasteiger partial charge is 0.262 e. The Morgan fingerprint density at radius 2 is 1.86 bits per heavy atom. The number of sulfonamides is 1. The minimum atomic E-state index is -4.43. The topological polar surface area (TPSA) is 89.0 Å². The lowest BCUT2D eigenvalue weighted by atomic mass is 10.1. The summed E-state index contributed by atoms with van der Waals surface area (Å²) in [4.78, 5) is 19.4. The monoisotopic (exact) mass is 441 g/mol. The van der Waals surface area contributed by atoms with Gasteiger partial charge in [-0.05, 0) is 48.0 Å². The van der Waals surface area contributed by atoms with Crippen molar-refractivity contribution in [3.8, 4) is 0 Å². The Kier molecular flexibility index (Phi) is 5.85. The third-order valence-corrected chi connectivity index (χ3v) is 5.27. The van der Waals surface area contributed by atoms with Gasteiger partial charge in [-0.1, -0.05) is 6.07 Å². The molecule has 0 aliphatic rings. The second-order valence-corrected chi connectivity index (χ2v) is 7.82. The van der Waals surface area contributed by atoms with E-state index in [0.717, 1.165) is 24.3 Å². The summed E-state index contributed by atoms with van der Waals surface area (Å²) in [5.41, 5.74) is -0.851. The van der Waals surface area contributed by atoms with Crippen LogP contribution >= 0.6 is 11.6 Å². The molecule has 0 atom stereocenters. The van der Waals surface area contributed by atoms with Gasteiger partial charge in [-0.25, -0.2) is 31.6 Å². The van der Waals surface area contributed by atoms with Crippen LogP contribution in [0.1, 0.15) is 16.1 Å². The average molecular weight is 442 g/mol. The zero-order valence-electron chi connectivity index (χ0n) is 14.4. The first-order valence-corrected chi connectivity index (χ1v) is 9.80. The summed E-state index contributed by atoms with van der Waals surface area (Å²) in [5, 5.41) is -0.0934. The van der Waals surface area contributed by atoms with Crippen LogP contribution in [0.5, 0.6) is 0 Å². The fourth-order valence-corrected chi connectivity index (χ4v) is 3.64. The SMILES string of the molecule is O=C(Cc1ccnc(Cl)n1)c1cc(F)c(F)c(NS(=O)(=O)c2cccc(F)c2)c1. The zero-order valence-corrected chi connectivity index (χ0v) is 15.9. The van der Waals surface area contributed by atoms with E-state index in [4.69, 9.17) is 11.6 Å². The molecule has 1 heterocycles. The van der Waals surface area contributed by atoms with Crippen molar-refractivity contribution in [1.82, 2.24) is 9.97 Å². The lowest BCUT2D eigenvalue weighted by molar-refractivity contribution is 0.0991. The van der Waals surface area contributed by atoms with Crippen LogP contribution in [-0.2, 0) is 16.4 Å². The number of hydrogen-bond donors (Lipinski definition) is 1. The molecule has 1 aromatic heterocycles. The molecule has 2 aromatic carbocycles. The molecule has 0 aliphatic carbocycles. The van der Waals surface area contributed by atoms with E-state index < -0.39 is 43.8 Å². The third-order valence-electron chi connectivity index (χ3n) is 3.73. The highest BCUT2D eigenvalue weighted by atomic mass is 35.5. The van der Waals surface area contributed by atoms with Crippen LogP contribution < -0.4 is 4.72 Å². The molecule has 0 unspecified atom stereocenters. The van der Waals surface area contributed by atoms with Gasteiger partial charge in [0.1, 0.15) is 5.82 Å². The number of anilines is 1. The Bertz CT molecular complexity index is 1210. The highest BCUT2D eigenvalue weighted by Crippen LogP contribution is 2.24. The van der Waals surface area contributed by atoms with E-state index in [0.29, 0.717) is 12.1 Å². The predicted molar refractivity (Wildman–Crippen MR) is 98.6 cm³/mol. The first-order chi connectivity index (χ1) is 13.7. The van der Waals surface area contributed by atoms with Crippen molar-refractivity contribution in [3.63, 3.8) is 0 Å². The molecule has 0 saturated carbocycles. The van der Waals surface area contributed by atoms with Crippen LogP contribution in [0.25, 0.3) is 0 Å². The summed E-state index contributed by atoms with van der Waals surface area (Å²) >= 11 is 5.64. The number of carbonyl (C=O) groups is 1. The molecule has 1 N–H and O–H groups in total. The third kappa shape index (κ3) is 4.90. The van der Waals surface area contributed by atoms with Gasteiger partial charge in [0.05, 0.1) is 22.7 Å². The lowest BCUT2D eigenvalue weighted by Crippen LogP contribution is -2.16. The molecule has 29 heavy (non-hydrogen) atoms. The molecule has 0 amide bonds. The predicted octanol–water partition coefficient (Wildman–Crippen LogP) is 3.77. The van der Waals surface area contributed by atoms with Gasteiger partial charge < -0.3 is 0 Å². The summed E-state index contributed by atoms with van der Waals surface area (Å²) in [6.07, 6.45) is 1.02. The highest BCUT2D eigenvalue weighted by molar-refractivity contribution is 7.92. The second-order valence-electron chi connectivity index (χ2n) is 5.80. The van der Waals surface area contributed by atoms with Crippen LogP contribution in [0.3, 0.4) is 0 Å². The van der Waals surface area contributed by atoms with Gasteiger partial charge >= 0.3 is 0 Å². The maximum Gasteiger partial charge on any atom is 0.262 e. The number of carbonyl (C=O) groups excluding carboxylic acids is 1. The molecule has 0 aliphatic heterocycles. The molecular weight excluding hydrogens is 431 g/mol. The van der Waals surface area contributed by atoms with Gasteiger partial charge in [0.25, 0.3) is 10.0 Å². The number of hydrogen-bond acceptors (Lipinski definition) is 5. The van der Waals surface area contributed by atoms with E-state index in [1.807, 2.05) is 4.72 Å². The molecule has 11 heteroatoms. The summed E-state index contributed by atoms with van der Waals surface area (Å²) in [6.45, 7) is 0. The van der Waals surface area contributed by atoms with Crippen molar-refractivity contribution in [1.29, 1.82) is 0 Å². The van der Waals surface area contributed by atoms with E-state index in [1.165, 1.54) is 12.3 Å². The molecule has 0 fully saturated rings. The van der Waals surface area contributed by atoms with Gasteiger partial charge in [0.2, 0.25) is 5.28 Å². The number of nitrogens with zero attached hydrogens (tertiary/aromatic N) is 2. The maximum absolute atomic E-state index is 14.1. The van der Waals surface area contributed by atoms with Gasteiger partial charge in [-0.15, -0.1) is 0 Å². The Morgan fingerprint density at radius 3 is 2.55 bits per heavy atom. The highest BCUT2D eigenvalue weighted by Gasteiger charge is 2.21. The van der Waals surface area contributed by atoms with Gasteiger partial charge in [0.15, 0.2) is 17.4 Å². The van der Waals surface area contributed by atoms with E-state index in [1.54, 1.807) is 0 Å². The van der Waals surface area contributed by atoms with Crippen molar-refractivity contribution in [3.05, 3.63) is 82.7 Å². The molecule has 0 bridgehead atoms. The lowest BCUT2D eigenvalue weighted by Gasteiger charge is -2.11. The summed E-state index contributed by atoms with van der Waals surface area (Å²) in [5.74, 6) is -4.43. The first-order valence-electron chi connectivity index (χ1n) is 7.94. The van der Waals surface area contributed by atoms with E-state index >= 15 is 0 Å². The Morgan fingerprint density at radius 1 is 1.10 bits per heavy atom. The maximum atomic E-state index is 14.1. The average Bonchev–Trinajstić information content (AvgIpc) is 2.65. The summed E-state index contributed by atoms with van der Waals surface area (Å²) < 4.78 is 67.9. The molecule has 3 aromatic rings. The number of Topliss-reactive ketones (excluding diaryl/α,β-unsaturated/α-hetero) is 1. The summed E-state index contributed by atoms with van der Waals surface area (Å²) in [7, 11) is -4.43. The van der Waals surface area contributed by atoms with Crippen molar-refractivity contribution >= 4 is 33.1 Å². The number of rotatable bonds is 6. The fourth-order valence-electron chi connectivity index (χ4n) is 2.40. The fraction of sp³-hybridized carbons (Fsp3) is 0.0556. The van der Waals surface area contributed by atoms with Crippen molar-refractivity contribution < 1.29 is 26.4 Å². The van der Waals surface area contributed by atoms with E-state index in [2.05, 4.69) is 9.97 Å². The number of aromatic nitrogens is 2. The van der Waals surface area contributed by atoms with E-state index in [-0.39, 0.29) is 23.0 Å². The summed E-state index contributed by atoms with van der Waals surface area (Å²) in [6, 6.07) is 6.86. The molecule has 0 radical (unpaired) electrons. The number of benzene rings is 2. The molecule has 0 spiro atoms. The van der Waals surface area contributed by atoms with Crippen molar-refractivity contribution in [2.24, 2.45) is 0 Å². The van der Waals surface area contributed by atoms with Crippen molar-refractivity contribution in [2.45, 2.75) is 11.3 Å². The first kappa shape index (κ1) is 20.7. The van der Waals surface area contributed by atoms with Gasteiger partial charge in [-0.3, -0.25) is 9.52 Å². The number of nitrogens with one attached hydrogen (secondary N) is 1. The molecule has 0 saturated heterocycles. The minimum absolute atomic E-state index is 0.0934. The molecule has 6 nitrogen and oxygen atoms in total. The molecular formula is C18H11ClF3N3O3S. The van der Waals surface area contributed by atoms with Crippen molar-refractivity contribution in [2.75, 3.05) is 4.72 Å². The van der Waals surface area contributed by atoms with E-state index in [9.17, 15) is 26.4 Å². The second kappa shape index (κ2) is 8.18. The number of ketones is 1. The van der Waals surface area contributed by atoms with Crippen LogP contribution in [0.15, 0.2) is 53.6 Å². The Labute approximate surface area is 168 Å². The standard InChI is InChI=1S/C18H11ClF3N3O3S/c19-18-23-5-4-12(24-18)9-16(26)10-6-14(21)17(22)15(7-10)25-29(27,28)13-3-1-2-11(20)8-13/h1-8,25H,9H2. The van der Waals surface area contributed by atoms with Crippen LogP contribution in [0.4, 0.5) is 18.9 Å². The molecule has 3 rings (SSSR count). The molecule has 150 valence electrons. The largest absolute Gasteiger partial charge is 0.294 e. The van der Waals surface area contributed by atoms with Crippen LogP contribution in [0.2, 0.25) is 5.28 Å². The Balaban J connectivity index is 1.92. The number of halogens is 4. The zero-order chi connectivity index (χ0) is 21.2. The van der Waals surface area contributed by atoms with Crippen LogP contribution in [-0.4, -0.2) is 24.2 Å². The Hall–Kier alpha value is -2.98. The van der Waals surface area contributed by atoms with Gasteiger partial charge in [0, 0.05) is 11.8 Å². The normalized spacial score (nSPS) is 11.3.